The van der Waals surface area contributed by atoms with Gasteiger partial charge in [0.15, 0.2) is 0 Å². The molecular weight excluding hydrogens is 350 g/mol. The van der Waals surface area contributed by atoms with Crippen LogP contribution in [-0.2, 0) is 11.3 Å². The van der Waals surface area contributed by atoms with Gasteiger partial charge in [0.1, 0.15) is 11.6 Å². The van der Waals surface area contributed by atoms with Gasteiger partial charge >= 0.3 is 0 Å². The molecule has 1 saturated heterocycles. The predicted octanol–water partition coefficient (Wildman–Crippen LogP) is 4.49. The molecule has 1 atom stereocenters. The summed E-state index contributed by atoms with van der Waals surface area (Å²) in [6.45, 7) is 3.73. The molecule has 1 amide bonds. The third kappa shape index (κ3) is 3.94. The van der Waals surface area contributed by atoms with E-state index in [2.05, 4.69) is 28.5 Å². The number of carbonyl (C=O) groups is 1. The van der Waals surface area contributed by atoms with Crippen LogP contribution >= 0.6 is 0 Å². The lowest BCUT2D eigenvalue weighted by Gasteiger charge is -2.26. The molecular formula is C23H31N3O2. The zero-order chi connectivity index (χ0) is 19.5. The van der Waals surface area contributed by atoms with Crippen molar-refractivity contribution in [2.24, 2.45) is 5.92 Å². The number of nitrogens with zero attached hydrogens (tertiary/aromatic N) is 3. The van der Waals surface area contributed by atoms with E-state index in [4.69, 9.17) is 9.72 Å². The molecule has 1 aliphatic heterocycles. The summed E-state index contributed by atoms with van der Waals surface area (Å²) >= 11 is 0. The molecule has 0 unspecified atom stereocenters. The maximum atomic E-state index is 13.0. The highest BCUT2D eigenvalue weighted by Gasteiger charge is 2.34. The molecule has 5 heteroatoms. The molecule has 2 heterocycles. The van der Waals surface area contributed by atoms with Gasteiger partial charge < -0.3 is 14.2 Å². The van der Waals surface area contributed by atoms with Crippen molar-refractivity contribution in [1.29, 1.82) is 0 Å². The highest BCUT2D eigenvalue weighted by molar-refractivity contribution is 5.77. The van der Waals surface area contributed by atoms with Gasteiger partial charge in [-0.2, -0.15) is 0 Å². The normalized spacial score (nSPS) is 20.1. The van der Waals surface area contributed by atoms with E-state index in [9.17, 15) is 4.79 Å². The van der Waals surface area contributed by atoms with Gasteiger partial charge in [0.2, 0.25) is 5.91 Å². The first-order valence-electron chi connectivity index (χ1n) is 10.6. The van der Waals surface area contributed by atoms with Gasteiger partial charge in [0.05, 0.1) is 13.2 Å². The van der Waals surface area contributed by atoms with Crippen LogP contribution in [0.25, 0.3) is 0 Å². The van der Waals surface area contributed by atoms with Crippen LogP contribution < -0.4 is 4.74 Å². The fourth-order valence-electron chi connectivity index (χ4n) is 4.78. The molecule has 0 N–H and O–H groups in total. The molecule has 0 spiro atoms. The van der Waals surface area contributed by atoms with E-state index >= 15 is 0 Å². The Labute approximate surface area is 167 Å². The number of ether oxygens (including phenoxy) is 1. The predicted molar refractivity (Wildman–Crippen MR) is 109 cm³/mol. The molecule has 1 aromatic heterocycles. The lowest BCUT2D eigenvalue weighted by molar-refractivity contribution is -0.133. The van der Waals surface area contributed by atoms with Crippen molar-refractivity contribution in [1.82, 2.24) is 14.5 Å². The first-order chi connectivity index (χ1) is 13.7. The van der Waals surface area contributed by atoms with Crippen LogP contribution in [-0.4, -0.2) is 34.0 Å². The van der Waals surface area contributed by atoms with Crippen LogP contribution in [0.15, 0.2) is 30.5 Å². The maximum absolute atomic E-state index is 13.0. The van der Waals surface area contributed by atoms with E-state index < -0.39 is 0 Å². The van der Waals surface area contributed by atoms with E-state index in [0.29, 0.717) is 18.2 Å². The average Bonchev–Trinajstić information content (AvgIpc) is 3.45. The highest BCUT2D eigenvalue weighted by Crippen LogP contribution is 2.35. The van der Waals surface area contributed by atoms with Gasteiger partial charge in [-0.3, -0.25) is 4.79 Å². The molecule has 1 aromatic carbocycles. The first kappa shape index (κ1) is 19.0. The van der Waals surface area contributed by atoms with Crippen molar-refractivity contribution in [3.8, 4) is 5.75 Å². The molecule has 2 fully saturated rings. The fraction of sp³-hybridized carbons (Fsp3) is 0.565. The molecule has 1 saturated carbocycles. The topological polar surface area (TPSA) is 47.4 Å². The number of amides is 1. The first-order valence-corrected chi connectivity index (χ1v) is 10.6. The molecule has 5 nitrogen and oxygen atoms in total. The van der Waals surface area contributed by atoms with Crippen molar-refractivity contribution in [2.75, 3.05) is 13.7 Å². The summed E-state index contributed by atoms with van der Waals surface area (Å²) in [6.07, 6.45) is 9.74. The number of carbonyl (C=O) groups excluding carboxylic acids is 1. The molecule has 2 aromatic rings. The smallest absolute Gasteiger partial charge is 0.223 e. The monoisotopic (exact) mass is 381 g/mol. The van der Waals surface area contributed by atoms with Crippen molar-refractivity contribution in [3.63, 3.8) is 0 Å². The van der Waals surface area contributed by atoms with E-state index in [1.807, 2.05) is 18.3 Å². The Balaban J connectivity index is 1.52. The van der Waals surface area contributed by atoms with E-state index in [-0.39, 0.29) is 6.04 Å². The van der Waals surface area contributed by atoms with Gasteiger partial charge in [-0.15, -0.1) is 0 Å². The summed E-state index contributed by atoms with van der Waals surface area (Å²) < 4.78 is 7.54. The van der Waals surface area contributed by atoms with E-state index in [1.165, 1.54) is 31.2 Å². The van der Waals surface area contributed by atoms with Crippen LogP contribution in [0.5, 0.6) is 5.75 Å². The number of hydrogen-bond acceptors (Lipinski definition) is 3. The second-order valence-electron chi connectivity index (χ2n) is 8.29. The summed E-state index contributed by atoms with van der Waals surface area (Å²) in [5.41, 5.74) is 2.35. The Morgan fingerprint density at radius 1 is 1.14 bits per heavy atom. The lowest BCUT2D eigenvalue weighted by atomic mass is 10.0. The van der Waals surface area contributed by atoms with Crippen molar-refractivity contribution in [3.05, 3.63) is 47.5 Å². The highest BCUT2D eigenvalue weighted by atomic mass is 16.5. The molecule has 28 heavy (non-hydrogen) atoms. The minimum atomic E-state index is 0.112. The number of benzene rings is 1. The molecule has 1 aliphatic carbocycles. The molecule has 150 valence electrons. The minimum absolute atomic E-state index is 0.112. The summed E-state index contributed by atoms with van der Waals surface area (Å²) in [5.74, 6) is 2.82. The van der Waals surface area contributed by atoms with Gasteiger partial charge in [-0.25, -0.2) is 4.98 Å². The summed E-state index contributed by atoms with van der Waals surface area (Å²) in [6, 6.07) is 8.29. The van der Waals surface area contributed by atoms with Crippen LogP contribution in [0.1, 0.15) is 68.1 Å². The maximum Gasteiger partial charge on any atom is 0.223 e. The van der Waals surface area contributed by atoms with Gasteiger partial charge in [0, 0.05) is 31.4 Å². The number of methoxy groups -OCH3 is 1. The SMILES string of the molecule is COc1ccc(Cn2c(C)cnc2[C@@H]2CCCN2C(=O)CC2CCCC2)cc1. The van der Waals surface area contributed by atoms with Crippen molar-refractivity contribution in [2.45, 2.75) is 64.5 Å². The largest absolute Gasteiger partial charge is 0.497 e. The van der Waals surface area contributed by atoms with Crippen LogP contribution in [0, 0.1) is 12.8 Å². The summed E-state index contributed by atoms with van der Waals surface area (Å²) in [5, 5.41) is 0. The Bertz CT molecular complexity index is 806. The zero-order valence-electron chi connectivity index (χ0n) is 17.1. The standard InChI is InChI=1S/C23H31N3O2/c1-17-15-24-23(26(17)16-19-9-11-20(28-2)12-10-19)21-8-5-13-25(21)22(27)14-18-6-3-4-7-18/h9-12,15,18,21H,3-8,13-14,16H2,1-2H3/t21-/m0/s1. The average molecular weight is 382 g/mol. The number of rotatable bonds is 6. The molecule has 0 radical (unpaired) electrons. The second-order valence-corrected chi connectivity index (χ2v) is 8.29. The third-order valence-electron chi connectivity index (χ3n) is 6.39. The van der Waals surface area contributed by atoms with Gasteiger partial charge in [-0.05, 0) is 56.2 Å². The third-order valence-corrected chi connectivity index (χ3v) is 6.39. The fourth-order valence-corrected chi connectivity index (χ4v) is 4.78. The number of aromatic nitrogens is 2. The quantitative estimate of drug-likeness (QED) is 0.740. The molecule has 2 aliphatic rings. The van der Waals surface area contributed by atoms with E-state index in [0.717, 1.165) is 43.2 Å². The summed E-state index contributed by atoms with van der Waals surface area (Å²) in [7, 11) is 1.68. The Kier molecular flexibility index (Phi) is 5.69. The molecule has 4 rings (SSSR count). The van der Waals surface area contributed by atoms with Crippen LogP contribution in [0.3, 0.4) is 0 Å². The number of hydrogen-bond donors (Lipinski definition) is 0. The number of imidazole rings is 1. The van der Waals surface area contributed by atoms with Crippen molar-refractivity contribution < 1.29 is 9.53 Å². The van der Waals surface area contributed by atoms with E-state index in [1.54, 1.807) is 7.11 Å². The lowest BCUT2D eigenvalue weighted by Crippen LogP contribution is -2.33. The Hall–Kier alpha value is -2.30. The Morgan fingerprint density at radius 3 is 2.61 bits per heavy atom. The number of likely N-dealkylation sites (tertiary alicyclic amines) is 1. The summed E-state index contributed by atoms with van der Waals surface area (Å²) in [4.78, 5) is 19.8. The zero-order valence-corrected chi connectivity index (χ0v) is 17.1. The molecule has 0 bridgehead atoms. The van der Waals surface area contributed by atoms with Crippen LogP contribution in [0.4, 0.5) is 0 Å². The Morgan fingerprint density at radius 2 is 1.89 bits per heavy atom. The van der Waals surface area contributed by atoms with Gasteiger partial charge in [0.25, 0.3) is 0 Å². The van der Waals surface area contributed by atoms with Crippen LogP contribution in [0.2, 0.25) is 0 Å². The van der Waals surface area contributed by atoms with Gasteiger partial charge in [-0.1, -0.05) is 25.0 Å². The number of aryl methyl sites for hydroxylation is 1. The van der Waals surface area contributed by atoms with Crippen molar-refractivity contribution >= 4 is 5.91 Å². The second kappa shape index (κ2) is 8.38. The minimum Gasteiger partial charge on any atom is -0.497 e.